The van der Waals surface area contributed by atoms with E-state index in [0.29, 0.717) is 77.0 Å². The van der Waals surface area contributed by atoms with Gasteiger partial charge in [0.2, 0.25) is 11.9 Å². The number of nitrogens with one attached hydrogen (secondary N) is 2. The van der Waals surface area contributed by atoms with Gasteiger partial charge in [-0.1, -0.05) is 46.4 Å². The van der Waals surface area contributed by atoms with Crippen molar-refractivity contribution in [2.45, 2.75) is 0 Å². The number of hydrogen-bond acceptors (Lipinski definition) is 16. The first-order valence-corrected chi connectivity index (χ1v) is 21.2. The summed E-state index contributed by atoms with van der Waals surface area (Å²) in [6.07, 6.45) is 12.5. The monoisotopic (exact) mass is 966 g/mol. The van der Waals surface area contributed by atoms with E-state index in [0.717, 1.165) is 12.4 Å². The summed E-state index contributed by atoms with van der Waals surface area (Å²) in [5.41, 5.74) is 2.75. The molecule has 2 aromatic carbocycles. The lowest BCUT2D eigenvalue weighted by molar-refractivity contribution is -0.385. The Hall–Kier alpha value is -7.52. The third-order valence-electron chi connectivity index (χ3n) is 9.98. The molecule has 0 saturated carbocycles. The summed E-state index contributed by atoms with van der Waals surface area (Å²) in [5, 5.41) is 34.2. The molecule has 0 amide bonds. The van der Waals surface area contributed by atoms with E-state index in [-0.39, 0.29) is 49.5 Å². The van der Waals surface area contributed by atoms with Crippen molar-refractivity contribution in [3.05, 3.63) is 151 Å². The minimum atomic E-state index is -0.530. The van der Waals surface area contributed by atoms with Gasteiger partial charge in [-0.2, -0.15) is 0 Å². The summed E-state index contributed by atoms with van der Waals surface area (Å²) in [7, 11) is 3.69. The third kappa shape index (κ3) is 9.91. The number of rotatable bonds is 17. The molecule has 0 aliphatic rings. The molecular weight excluding hydrogens is 934 g/mol. The number of pyridine rings is 2. The molecule has 6 aromatic heterocycles. The minimum absolute atomic E-state index is 0.117. The average molecular weight is 969 g/mol. The number of imidazole rings is 2. The third-order valence-corrected chi connectivity index (χ3v) is 11.1. The average Bonchev–Trinajstić information content (AvgIpc) is 3.94. The maximum absolute atomic E-state index is 11.4. The predicted octanol–water partition coefficient (Wildman–Crippen LogP) is 9.07. The normalized spacial score (nSPS) is 11.1. The number of aromatic nitrogens is 10. The zero-order chi connectivity index (χ0) is 46.5. The SMILES string of the molecule is Cn1ccnc1-c1cnc(N(CCNc2ccc([N+](=O)[O-])cn2)N(CCNc2ccc([N+](=O)[O-])cn2)c2ncc(-c3nccn3C)c(-c3ccc(Cl)cc3Cl)n2)nc1-c1ccc(Cl)cc1Cl. The second kappa shape index (κ2) is 19.7. The number of aryl methyl sites for hydroxylation is 2. The van der Waals surface area contributed by atoms with Crippen LogP contribution in [0.15, 0.2) is 110 Å². The molecular formula is C42H34Cl4N16O4. The van der Waals surface area contributed by atoms with E-state index < -0.39 is 9.85 Å². The second-order valence-corrected chi connectivity index (χ2v) is 15.9. The van der Waals surface area contributed by atoms with Gasteiger partial charge in [-0.15, -0.1) is 0 Å². The molecule has 0 fully saturated rings. The molecule has 0 aliphatic heterocycles. The van der Waals surface area contributed by atoms with Crippen LogP contribution in [-0.2, 0) is 14.1 Å². The standard InChI is InChI=1S/C42H34Cl4N16O4/c1-57-15-11-49-39(57)31-23-53-41(55-37(31)29-7-3-25(43)19-33(29)45)59(17-13-47-35-9-5-27(21-51-35)61(63)64)60(18-14-48-36-10-6-28(22-52-36)62(65)66)42-54-24-32(40-50-12-16-58(40)2)38(56-42)30-8-4-26(44)20-34(30)46/h3-12,15-16,19-24H,13-14,17-18H2,1-2H3,(H,47,51)(H,48,52). The van der Waals surface area contributed by atoms with E-state index in [1.165, 1.54) is 24.3 Å². The first-order chi connectivity index (χ1) is 31.8. The Labute approximate surface area is 395 Å². The number of hydrazine groups is 1. The lowest BCUT2D eigenvalue weighted by atomic mass is 10.1. The van der Waals surface area contributed by atoms with Crippen LogP contribution < -0.4 is 20.7 Å². The van der Waals surface area contributed by atoms with E-state index in [4.69, 9.17) is 66.3 Å². The minimum Gasteiger partial charge on any atom is -0.368 e. The van der Waals surface area contributed by atoms with E-state index in [9.17, 15) is 20.2 Å². The molecule has 2 N–H and O–H groups in total. The molecule has 24 heteroatoms. The molecule has 0 aliphatic carbocycles. The first kappa shape index (κ1) is 45.1. The zero-order valence-electron chi connectivity index (χ0n) is 34.6. The molecule has 20 nitrogen and oxygen atoms in total. The van der Waals surface area contributed by atoms with E-state index in [2.05, 4.69) is 30.6 Å². The summed E-state index contributed by atoms with van der Waals surface area (Å²) >= 11 is 26.5. The van der Waals surface area contributed by atoms with Crippen molar-refractivity contribution < 1.29 is 9.85 Å². The lowest BCUT2D eigenvalue weighted by Gasteiger charge is -2.35. The Kier molecular flexibility index (Phi) is 13.4. The highest BCUT2D eigenvalue weighted by molar-refractivity contribution is 6.37. The zero-order valence-corrected chi connectivity index (χ0v) is 37.7. The molecule has 8 aromatic rings. The maximum Gasteiger partial charge on any atom is 0.287 e. The highest BCUT2D eigenvalue weighted by Gasteiger charge is 2.27. The van der Waals surface area contributed by atoms with Gasteiger partial charge in [-0.25, -0.2) is 49.9 Å². The molecule has 0 unspecified atom stereocenters. The largest absolute Gasteiger partial charge is 0.368 e. The van der Waals surface area contributed by atoms with Crippen molar-refractivity contribution in [1.29, 1.82) is 0 Å². The van der Waals surface area contributed by atoms with Gasteiger partial charge in [0.15, 0.2) is 0 Å². The van der Waals surface area contributed by atoms with Crippen molar-refractivity contribution in [3.8, 4) is 45.3 Å². The highest BCUT2D eigenvalue weighted by Crippen LogP contribution is 2.38. The Morgan fingerprint density at radius 2 is 0.985 bits per heavy atom. The molecule has 0 saturated heterocycles. The number of halogens is 4. The number of anilines is 4. The molecule has 334 valence electrons. The van der Waals surface area contributed by atoms with Gasteiger partial charge >= 0.3 is 0 Å². The fourth-order valence-corrected chi connectivity index (χ4v) is 7.78. The summed E-state index contributed by atoms with van der Waals surface area (Å²) < 4.78 is 3.66. The predicted molar refractivity (Wildman–Crippen MR) is 253 cm³/mol. The molecule has 6 heterocycles. The molecule has 0 bridgehead atoms. The van der Waals surface area contributed by atoms with Crippen molar-refractivity contribution in [2.75, 3.05) is 46.8 Å². The van der Waals surface area contributed by atoms with Gasteiger partial charge in [0.25, 0.3) is 11.4 Å². The van der Waals surface area contributed by atoms with Crippen LogP contribution in [0.2, 0.25) is 20.1 Å². The fourth-order valence-electron chi connectivity index (χ4n) is 6.78. The first-order valence-electron chi connectivity index (χ1n) is 19.7. The van der Waals surface area contributed by atoms with Crippen LogP contribution in [0, 0.1) is 20.2 Å². The summed E-state index contributed by atoms with van der Waals surface area (Å²) in [6.45, 7) is 0.597. The van der Waals surface area contributed by atoms with Crippen LogP contribution >= 0.6 is 46.4 Å². The second-order valence-electron chi connectivity index (χ2n) is 14.3. The summed E-state index contributed by atoms with van der Waals surface area (Å²) in [5.74, 6) is 2.21. The van der Waals surface area contributed by atoms with Crippen LogP contribution in [0.4, 0.5) is 34.9 Å². The van der Waals surface area contributed by atoms with E-state index >= 15 is 0 Å². The van der Waals surface area contributed by atoms with Crippen LogP contribution in [-0.4, -0.2) is 85.0 Å². The van der Waals surface area contributed by atoms with Crippen LogP contribution in [0.3, 0.4) is 0 Å². The molecule has 0 atom stereocenters. The van der Waals surface area contributed by atoms with Crippen molar-refractivity contribution in [3.63, 3.8) is 0 Å². The van der Waals surface area contributed by atoms with Crippen LogP contribution in [0.25, 0.3) is 45.3 Å². The molecule has 8 rings (SSSR count). The maximum atomic E-state index is 11.4. The molecule has 0 spiro atoms. The van der Waals surface area contributed by atoms with Gasteiger partial charge in [0.05, 0.1) is 55.5 Å². The number of benzene rings is 2. The van der Waals surface area contributed by atoms with Gasteiger partial charge in [-0.05, 0) is 48.5 Å². The number of nitro groups is 2. The topological polar surface area (TPSA) is 230 Å². The summed E-state index contributed by atoms with van der Waals surface area (Å²) in [4.78, 5) is 59.5. The van der Waals surface area contributed by atoms with Crippen molar-refractivity contribution in [1.82, 2.24) is 49.0 Å². The van der Waals surface area contributed by atoms with Gasteiger partial charge in [0, 0.05) is 97.7 Å². The Morgan fingerprint density at radius 3 is 1.32 bits per heavy atom. The quantitative estimate of drug-likeness (QED) is 0.0640. The molecule has 66 heavy (non-hydrogen) atoms. The molecule has 0 radical (unpaired) electrons. The number of hydrogen-bond donors (Lipinski definition) is 2. The van der Waals surface area contributed by atoms with E-state index in [1.807, 2.05) is 23.2 Å². The van der Waals surface area contributed by atoms with E-state index in [1.54, 1.807) is 83.6 Å². The Bertz CT molecular complexity index is 2860. The van der Waals surface area contributed by atoms with Gasteiger partial charge < -0.3 is 19.8 Å². The lowest BCUT2D eigenvalue weighted by Crippen LogP contribution is -2.49. The Morgan fingerprint density at radius 1 is 0.561 bits per heavy atom. The fraction of sp³-hybridized carbons (Fsp3) is 0.143. The smallest absolute Gasteiger partial charge is 0.287 e. The van der Waals surface area contributed by atoms with Gasteiger partial charge in [-0.3, -0.25) is 20.2 Å². The van der Waals surface area contributed by atoms with Crippen LogP contribution in [0.1, 0.15) is 0 Å². The van der Waals surface area contributed by atoms with Crippen molar-refractivity contribution >= 4 is 81.3 Å². The summed E-state index contributed by atoms with van der Waals surface area (Å²) in [6, 6.07) is 15.9. The Balaban J connectivity index is 1.29. The van der Waals surface area contributed by atoms with Crippen molar-refractivity contribution in [2.24, 2.45) is 14.1 Å². The number of nitrogens with zero attached hydrogens (tertiary/aromatic N) is 14. The van der Waals surface area contributed by atoms with Gasteiger partial charge in [0.1, 0.15) is 35.7 Å². The van der Waals surface area contributed by atoms with Crippen LogP contribution in [0.5, 0.6) is 0 Å². The highest BCUT2D eigenvalue weighted by atomic mass is 35.5.